The number of aliphatic carboxylic acids is 1. The molecule has 34 heavy (non-hydrogen) atoms. The third-order valence-electron chi connectivity index (χ3n) is 5.11. The van der Waals surface area contributed by atoms with Crippen LogP contribution in [0.15, 0.2) is 78.0 Å². The SMILES string of the molecule is CS(=O)(=O)c1ccc(Nc2cc3c(C#Cc4ccc(CCC(=O)O)cc4)nccc3cn2)cc1. The van der Waals surface area contributed by atoms with Gasteiger partial charge in [0.2, 0.25) is 0 Å². The van der Waals surface area contributed by atoms with Crippen LogP contribution in [0, 0.1) is 11.8 Å². The highest BCUT2D eigenvalue weighted by Crippen LogP contribution is 2.22. The molecule has 0 atom stereocenters. The van der Waals surface area contributed by atoms with Crippen molar-refractivity contribution >= 4 is 38.1 Å². The van der Waals surface area contributed by atoms with Gasteiger partial charge in [0, 0.05) is 47.1 Å². The molecule has 0 radical (unpaired) electrons. The fourth-order valence-electron chi connectivity index (χ4n) is 3.30. The van der Waals surface area contributed by atoms with Crippen LogP contribution >= 0.6 is 0 Å². The minimum absolute atomic E-state index is 0.0944. The summed E-state index contributed by atoms with van der Waals surface area (Å²) in [5, 5.41) is 13.7. The van der Waals surface area contributed by atoms with Gasteiger partial charge in [0.25, 0.3) is 0 Å². The van der Waals surface area contributed by atoms with Gasteiger partial charge in [-0.25, -0.2) is 18.4 Å². The quantitative estimate of drug-likeness (QED) is 0.406. The summed E-state index contributed by atoms with van der Waals surface area (Å²) in [5.74, 6) is 5.98. The number of fused-ring (bicyclic) bond motifs is 1. The number of hydrogen-bond acceptors (Lipinski definition) is 6. The van der Waals surface area contributed by atoms with E-state index in [9.17, 15) is 13.2 Å². The average Bonchev–Trinajstić information content (AvgIpc) is 2.82. The van der Waals surface area contributed by atoms with Crippen molar-refractivity contribution in [1.82, 2.24) is 9.97 Å². The highest BCUT2D eigenvalue weighted by atomic mass is 32.2. The molecule has 170 valence electrons. The molecule has 8 heteroatoms. The number of anilines is 2. The predicted molar refractivity (Wildman–Crippen MR) is 131 cm³/mol. The number of aryl methyl sites for hydroxylation is 1. The molecule has 0 saturated carbocycles. The molecule has 0 fully saturated rings. The largest absolute Gasteiger partial charge is 0.481 e. The van der Waals surface area contributed by atoms with Crippen LogP contribution in [0.25, 0.3) is 10.8 Å². The van der Waals surface area contributed by atoms with Crippen LogP contribution < -0.4 is 5.32 Å². The first-order chi connectivity index (χ1) is 16.3. The number of aromatic nitrogens is 2. The van der Waals surface area contributed by atoms with E-state index in [0.717, 1.165) is 21.9 Å². The number of benzene rings is 2. The number of nitrogens with zero attached hydrogens (tertiary/aromatic N) is 2. The van der Waals surface area contributed by atoms with Crippen molar-refractivity contribution in [2.75, 3.05) is 11.6 Å². The van der Waals surface area contributed by atoms with Crippen LogP contribution in [0.5, 0.6) is 0 Å². The lowest BCUT2D eigenvalue weighted by Crippen LogP contribution is -1.98. The first kappa shape index (κ1) is 23.0. The lowest BCUT2D eigenvalue weighted by Gasteiger charge is -2.08. The van der Waals surface area contributed by atoms with Crippen molar-refractivity contribution in [2.45, 2.75) is 17.7 Å². The second kappa shape index (κ2) is 9.73. The Hall–Kier alpha value is -4.22. The highest BCUT2D eigenvalue weighted by Gasteiger charge is 2.07. The molecule has 2 N–H and O–H groups in total. The van der Waals surface area contributed by atoms with E-state index in [1.807, 2.05) is 36.4 Å². The normalized spacial score (nSPS) is 11.0. The second-order valence-corrected chi connectivity index (χ2v) is 9.73. The summed E-state index contributed by atoms with van der Waals surface area (Å²) in [4.78, 5) is 19.8. The molecule has 2 aromatic carbocycles. The number of carbonyl (C=O) groups is 1. The molecule has 7 nitrogen and oxygen atoms in total. The number of rotatable bonds is 6. The Bertz CT molecular complexity index is 1520. The van der Waals surface area contributed by atoms with E-state index >= 15 is 0 Å². The van der Waals surface area contributed by atoms with Crippen LogP contribution in [-0.4, -0.2) is 35.7 Å². The Morgan fingerprint density at radius 1 is 1.00 bits per heavy atom. The molecule has 0 aliphatic heterocycles. The van der Waals surface area contributed by atoms with E-state index in [-0.39, 0.29) is 11.3 Å². The first-order valence-electron chi connectivity index (χ1n) is 10.4. The molecule has 0 bridgehead atoms. The van der Waals surface area contributed by atoms with Gasteiger partial charge in [0.1, 0.15) is 11.5 Å². The van der Waals surface area contributed by atoms with E-state index in [4.69, 9.17) is 5.11 Å². The maximum atomic E-state index is 11.6. The van der Waals surface area contributed by atoms with Gasteiger partial charge < -0.3 is 10.4 Å². The molecule has 0 amide bonds. The van der Waals surface area contributed by atoms with Gasteiger partial charge in [-0.1, -0.05) is 18.1 Å². The number of nitrogens with one attached hydrogen (secondary N) is 1. The summed E-state index contributed by atoms with van der Waals surface area (Å²) in [6.45, 7) is 0. The summed E-state index contributed by atoms with van der Waals surface area (Å²) >= 11 is 0. The molecule has 0 saturated heterocycles. The minimum Gasteiger partial charge on any atom is -0.481 e. The van der Waals surface area contributed by atoms with Gasteiger partial charge in [-0.05, 0) is 66.4 Å². The number of sulfone groups is 1. The molecular weight excluding hydrogens is 450 g/mol. The van der Waals surface area contributed by atoms with Crippen molar-refractivity contribution in [3.05, 3.63) is 89.9 Å². The zero-order chi connectivity index (χ0) is 24.1. The maximum Gasteiger partial charge on any atom is 0.303 e. The molecule has 4 rings (SSSR count). The van der Waals surface area contributed by atoms with Crippen LogP contribution in [0.4, 0.5) is 11.5 Å². The van der Waals surface area contributed by atoms with Gasteiger partial charge >= 0.3 is 5.97 Å². The summed E-state index contributed by atoms with van der Waals surface area (Å²) in [7, 11) is -3.26. The van der Waals surface area contributed by atoms with Gasteiger partial charge in [0.15, 0.2) is 9.84 Å². The number of pyridine rings is 2. The summed E-state index contributed by atoms with van der Waals surface area (Å²) in [6.07, 6.45) is 5.15. The number of hydrogen-bond donors (Lipinski definition) is 2. The van der Waals surface area contributed by atoms with Crippen molar-refractivity contribution in [1.29, 1.82) is 0 Å². The van der Waals surface area contributed by atoms with E-state index in [0.29, 0.717) is 23.6 Å². The maximum absolute atomic E-state index is 11.6. The van der Waals surface area contributed by atoms with Crippen molar-refractivity contribution in [2.24, 2.45) is 0 Å². The fraction of sp³-hybridized carbons (Fsp3) is 0.115. The van der Waals surface area contributed by atoms with E-state index in [2.05, 4.69) is 27.1 Å². The Kier molecular flexibility index (Phi) is 6.57. The number of carboxylic acid groups (broad SMARTS) is 1. The first-order valence-corrected chi connectivity index (χ1v) is 12.3. The van der Waals surface area contributed by atoms with E-state index in [1.165, 1.54) is 6.26 Å². The summed E-state index contributed by atoms with van der Waals surface area (Å²) in [6, 6.07) is 17.7. The Labute approximate surface area is 197 Å². The Morgan fingerprint density at radius 2 is 1.74 bits per heavy atom. The van der Waals surface area contributed by atoms with Crippen molar-refractivity contribution in [3.8, 4) is 11.8 Å². The topological polar surface area (TPSA) is 109 Å². The molecular formula is C26H21N3O4S. The van der Waals surface area contributed by atoms with E-state index < -0.39 is 15.8 Å². The molecule has 0 aliphatic carbocycles. The second-order valence-electron chi connectivity index (χ2n) is 7.71. The third-order valence-corrected chi connectivity index (χ3v) is 6.24. The highest BCUT2D eigenvalue weighted by molar-refractivity contribution is 7.90. The summed E-state index contributed by atoms with van der Waals surface area (Å²) in [5.41, 5.74) is 3.06. The monoisotopic (exact) mass is 471 g/mol. The number of carboxylic acids is 1. The van der Waals surface area contributed by atoms with Crippen LogP contribution in [0.1, 0.15) is 23.2 Å². The van der Waals surface area contributed by atoms with Gasteiger partial charge in [-0.15, -0.1) is 0 Å². The zero-order valence-corrected chi connectivity index (χ0v) is 19.1. The fourth-order valence-corrected chi connectivity index (χ4v) is 3.93. The van der Waals surface area contributed by atoms with Crippen LogP contribution in [-0.2, 0) is 21.1 Å². The third kappa shape index (κ3) is 5.77. The van der Waals surface area contributed by atoms with Crippen LogP contribution in [0.2, 0.25) is 0 Å². The van der Waals surface area contributed by atoms with E-state index in [1.54, 1.807) is 36.7 Å². The Balaban J connectivity index is 1.57. The molecule has 0 unspecified atom stereocenters. The molecule has 4 aromatic rings. The predicted octanol–water partition coefficient (Wildman–Crippen LogP) is 4.19. The minimum atomic E-state index is -3.26. The average molecular weight is 472 g/mol. The van der Waals surface area contributed by atoms with Gasteiger partial charge in [-0.2, -0.15) is 0 Å². The van der Waals surface area contributed by atoms with Gasteiger partial charge in [0.05, 0.1) is 4.90 Å². The smallest absolute Gasteiger partial charge is 0.303 e. The lowest BCUT2D eigenvalue weighted by molar-refractivity contribution is -0.136. The molecule has 2 aromatic heterocycles. The molecule has 2 heterocycles. The lowest BCUT2D eigenvalue weighted by atomic mass is 10.1. The van der Waals surface area contributed by atoms with Crippen molar-refractivity contribution < 1.29 is 18.3 Å². The zero-order valence-electron chi connectivity index (χ0n) is 18.3. The van der Waals surface area contributed by atoms with Crippen molar-refractivity contribution in [3.63, 3.8) is 0 Å². The molecule has 0 aliphatic rings. The van der Waals surface area contributed by atoms with Gasteiger partial charge in [-0.3, -0.25) is 4.79 Å². The summed E-state index contributed by atoms with van der Waals surface area (Å²) < 4.78 is 23.3. The standard InChI is InChI=1S/C26H21N3O4S/c1-34(32,33)22-10-8-21(9-11-22)29-25-16-23-20(17-28-25)14-15-27-24(23)12-6-18-2-4-19(5-3-18)7-13-26(30)31/h2-5,8-11,14-17H,7,13H2,1H3,(H,28,29)(H,30,31). The Morgan fingerprint density at radius 3 is 2.41 bits per heavy atom. The molecule has 0 spiro atoms. The van der Waals surface area contributed by atoms with Crippen LogP contribution in [0.3, 0.4) is 0 Å².